The first kappa shape index (κ1) is 31.0. The molecule has 0 spiro atoms. The Morgan fingerprint density at radius 2 is 1.84 bits per heavy atom. The number of carbonyl (C=O) groups excluding carboxylic acids is 1. The minimum absolute atomic E-state index is 0.00743. The maximum absolute atomic E-state index is 11.0. The van der Waals surface area contributed by atoms with Gasteiger partial charge in [-0.1, -0.05) is 40.7 Å². The molecule has 12 heteroatoms. The highest BCUT2D eigenvalue weighted by molar-refractivity contribution is 7.13. The Morgan fingerprint density at radius 3 is 2.45 bits per heavy atom. The van der Waals surface area contributed by atoms with Gasteiger partial charge in [-0.15, -0.1) is 11.3 Å². The summed E-state index contributed by atoms with van der Waals surface area (Å²) in [4.78, 5) is 23.0. The molecule has 0 bridgehead atoms. The Bertz CT molecular complexity index is 1180. The summed E-state index contributed by atoms with van der Waals surface area (Å²) in [5.41, 5.74) is 5.85. The average molecular weight is 552 g/mol. The quantitative estimate of drug-likeness (QED) is 0.279. The second kappa shape index (κ2) is 14.1. The summed E-state index contributed by atoms with van der Waals surface area (Å²) in [6, 6.07) is 6.45. The van der Waals surface area contributed by atoms with Crippen LogP contribution in [0.2, 0.25) is 0 Å². The number of aromatic nitrogens is 3. The van der Waals surface area contributed by atoms with Gasteiger partial charge in [0.2, 0.25) is 12.4 Å². The van der Waals surface area contributed by atoms with Gasteiger partial charge in [-0.25, -0.2) is 9.97 Å². The van der Waals surface area contributed by atoms with Gasteiger partial charge in [0.1, 0.15) is 12.4 Å². The van der Waals surface area contributed by atoms with E-state index in [0.29, 0.717) is 5.95 Å². The maximum Gasteiger partial charge on any atom is 0.405 e. The summed E-state index contributed by atoms with van der Waals surface area (Å²) in [5.74, 6) is 1.35. The van der Waals surface area contributed by atoms with Crippen molar-refractivity contribution in [3.8, 4) is 0 Å². The molecule has 1 amide bonds. The second-order valence-electron chi connectivity index (χ2n) is 9.29. The molecule has 3 aromatic rings. The predicted octanol–water partition coefficient (Wildman–Crippen LogP) is 5.99. The molecule has 1 aromatic carbocycles. The standard InChI is InChI=1S/C21H26N6S.C3H4F3NO.C2H6/c1-13-10-23-19(24-16-6-5-15-11-22-8-7-14(15)9-16)26-18(13)27-20-25-17(12-28-20)21(2,3)4;4-3(5,6)1-7-2-8;1-2/h5-6,9-10,12,22H,7-8,11H2,1-4H3,(H2,23,24,25,26,27);2H,1H2,(H,7,8);1-2H3. The molecule has 0 radical (unpaired) electrons. The van der Waals surface area contributed by atoms with E-state index in [1.54, 1.807) is 11.3 Å². The van der Waals surface area contributed by atoms with E-state index in [2.05, 4.69) is 70.3 Å². The van der Waals surface area contributed by atoms with Gasteiger partial charge in [0.15, 0.2) is 5.13 Å². The highest BCUT2D eigenvalue weighted by Gasteiger charge is 2.25. The lowest BCUT2D eigenvalue weighted by molar-refractivity contribution is -0.132. The van der Waals surface area contributed by atoms with Gasteiger partial charge in [0, 0.05) is 34.8 Å². The van der Waals surface area contributed by atoms with Crippen LogP contribution in [-0.2, 0) is 23.2 Å². The minimum atomic E-state index is -4.29. The Hall–Kier alpha value is -3.25. The highest BCUT2D eigenvalue weighted by atomic mass is 32.1. The number of anilines is 4. The molecule has 3 heterocycles. The fraction of sp³-hybridized carbons (Fsp3) is 0.462. The largest absolute Gasteiger partial charge is 0.405 e. The zero-order valence-electron chi connectivity index (χ0n) is 22.6. The Kier molecular flexibility index (Phi) is 11.5. The Labute approximate surface area is 225 Å². The zero-order chi connectivity index (χ0) is 28.3. The van der Waals surface area contributed by atoms with E-state index in [9.17, 15) is 18.0 Å². The van der Waals surface area contributed by atoms with Gasteiger partial charge in [0.25, 0.3) is 0 Å². The van der Waals surface area contributed by atoms with E-state index in [-0.39, 0.29) is 11.8 Å². The van der Waals surface area contributed by atoms with Gasteiger partial charge >= 0.3 is 6.18 Å². The number of rotatable bonds is 6. The first-order valence-corrected chi connectivity index (χ1v) is 13.2. The number of thiazole rings is 1. The predicted molar refractivity (Wildman–Crippen MR) is 147 cm³/mol. The highest BCUT2D eigenvalue weighted by Crippen LogP contribution is 2.29. The van der Waals surface area contributed by atoms with Crippen LogP contribution in [0.5, 0.6) is 0 Å². The molecular formula is C26H36F3N7OS. The van der Waals surface area contributed by atoms with Crippen LogP contribution in [0.1, 0.15) is 57.0 Å². The van der Waals surface area contributed by atoms with E-state index in [1.807, 2.05) is 27.0 Å². The smallest absolute Gasteiger partial charge is 0.350 e. The summed E-state index contributed by atoms with van der Waals surface area (Å²) >= 11 is 1.60. The maximum atomic E-state index is 11.0. The Morgan fingerprint density at radius 1 is 1.11 bits per heavy atom. The molecule has 4 rings (SSSR count). The normalized spacial score (nSPS) is 12.7. The van der Waals surface area contributed by atoms with Gasteiger partial charge in [0.05, 0.1) is 5.69 Å². The molecule has 1 aliphatic rings. The molecule has 0 saturated heterocycles. The van der Waals surface area contributed by atoms with E-state index < -0.39 is 12.7 Å². The SMILES string of the molecule is CC.Cc1cnc(Nc2ccc3c(c2)CCNC3)nc1Nc1nc(C(C)(C)C)cs1.O=CNCC(F)(F)F. The summed E-state index contributed by atoms with van der Waals surface area (Å²) in [6.07, 6.45) is -1.40. The number of aryl methyl sites for hydroxylation is 1. The number of carbonyl (C=O) groups is 1. The van der Waals surface area contributed by atoms with E-state index in [1.165, 1.54) is 16.4 Å². The van der Waals surface area contributed by atoms with E-state index in [0.717, 1.165) is 47.4 Å². The van der Waals surface area contributed by atoms with Crippen molar-refractivity contribution in [3.05, 3.63) is 52.2 Å². The lowest BCUT2D eigenvalue weighted by Gasteiger charge is -2.18. The van der Waals surface area contributed by atoms with Crippen LogP contribution in [0.3, 0.4) is 0 Å². The number of hydrogen-bond donors (Lipinski definition) is 4. The molecule has 38 heavy (non-hydrogen) atoms. The molecular weight excluding hydrogens is 515 g/mol. The molecule has 8 nitrogen and oxygen atoms in total. The van der Waals surface area contributed by atoms with E-state index in [4.69, 9.17) is 4.98 Å². The van der Waals surface area contributed by atoms with Crippen molar-refractivity contribution in [3.63, 3.8) is 0 Å². The molecule has 0 fully saturated rings. The van der Waals surface area contributed by atoms with Crippen molar-refractivity contribution in [1.82, 2.24) is 25.6 Å². The van der Waals surface area contributed by atoms with Gasteiger partial charge < -0.3 is 21.3 Å². The molecule has 0 unspecified atom stereocenters. The van der Waals surface area contributed by atoms with Crippen LogP contribution < -0.4 is 21.3 Å². The van der Waals surface area contributed by atoms with Crippen LogP contribution in [0.4, 0.5) is 35.8 Å². The summed E-state index contributed by atoms with van der Waals surface area (Å²) in [6.45, 7) is 13.2. The summed E-state index contributed by atoms with van der Waals surface area (Å²) in [5, 5.41) is 14.5. The monoisotopic (exact) mass is 551 g/mol. The lowest BCUT2D eigenvalue weighted by Crippen LogP contribution is -2.27. The van der Waals surface area contributed by atoms with Gasteiger partial charge in [-0.2, -0.15) is 18.2 Å². The van der Waals surface area contributed by atoms with Crippen LogP contribution in [0.25, 0.3) is 0 Å². The molecule has 4 N–H and O–H groups in total. The second-order valence-corrected chi connectivity index (χ2v) is 10.1. The van der Waals surface area contributed by atoms with E-state index >= 15 is 0 Å². The first-order valence-electron chi connectivity index (χ1n) is 12.3. The topological polar surface area (TPSA) is 104 Å². The summed E-state index contributed by atoms with van der Waals surface area (Å²) < 4.78 is 33.1. The minimum Gasteiger partial charge on any atom is -0.350 e. The molecule has 0 saturated carbocycles. The third kappa shape index (κ3) is 9.90. The lowest BCUT2D eigenvalue weighted by atomic mass is 9.93. The van der Waals surface area contributed by atoms with Crippen LogP contribution in [-0.4, -0.2) is 40.6 Å². The number of amides is 1. The zero-order valence-corrected chi connectivity index (χ0v) is 23.4. The number of fused-ring (bicyclic) bond motifs is 1. The van der Waals surface area contributed by atoms with Crippen molar-refractivity contribution >= 4 is 40.3 Å². The average Bonchev–Trinajstić information content (AvgIpc) is 3.35. The third-order valence-corrected chi connectivity index (χ3v) is 5.96. The number of nitrogens with zero attached hydrogens (tertiary/aromatic N) is 3. The molecule has 2 aromatic heterocycles. The number of hydrogen-bond acceptors (Lipinski definition) is 8. The van der Waals surface area contributed by atoms with Crippen molar-refractivity contribution in [2.45, 2.75) is 66.1 Å². The van der Waals surface area contributed by atoms with Crippen molar-refractivity contribution < 1.29 is 18.0 Å². The fourth-order valence-electron chi connectivity index (χ4n) is 3.25. The van der Waals surface area contributed by atoms with Crippen molar-refractivity contribution in [2.75, 3.05) is 23.7 Å². The third-order valence-electron chi connectivity index (χ3n) is 5.20. The number of nitrogens with one attached hydrogen (secondary N) is 4. The molecule has 1 aliphatic heterocycles. The van der Waals surface area contributed by atoms with Crippen LogP contribution >= 0.6 is 11.3 Å². The Balaban J connectivity index is 0.000000437. The molecule has 208 valence electrons. The van der Waals surface area contributed by atoms with Crippen molar-refractivity contribution in [2.24, 2.45) is 0 Å². The number of halogens is 3. The van der Waals surface area contributed by atoms with Crippen molar-refractivity contribution in [1.29, 1.82) is 0 Å². The fourth-order valence-corrected chi connectivity index (χ4v) is 4.18. The summed E-state index contributed by atoms with van der Waals surface area (Å²) in [7, 11) is 0. The number of alkyl halides is 3. The number of benzene rings is 1. The first-order chi connectivity index (χ1) is 17.9. The van der Waals surface area contributed by atoms with Gasteiger partial charge in [-0.05, 0) is 43.1 Å². The van der Waals surface area contributed by atoms with Gasteiger partial charge in [-0.3, -0.25) is 4.79 Å². The molecule has 0 atom stereocenters. The van der Waals surface area contributed by atoms with Crippen LogP contribution in [0.15, 0.2) is 29.8 Å². The molecule has 0 aliphatic carbocycles. The van der Waals surface area contributed by atoms with Crippen LogP contribution in [0, 0.1) is 6.92 Å².